The number of aryl methyl sites for hydroxylation is 2. The molecule has 1 atom stereocenters. The van der Waals surface area contributed by atoms with E-state index in [1.807, 2.05) is 26.2 Å². The maximum atomic E-state index is 13.0. The molecular formula is C27H30N8O2. The summed E-state index contributed by atoms with van der Waals surface area (Å²) in [6.45, 7) is 4.18. The van der Waals surface area contributed by atoms with Gasteiger partial charge < -0.3 is 15.6 Å². The maximum Gasteiger partial charge on any atom is 0.257 e. The fraction of sp³-hybridized carbons (Fsp3) is 0.370. The van der Waals surface area contributed by atoms with Gasteiger partial charge in [0, 0.05) is 36.9 Å². The summed E-state index contributed by atoms with van der Waals surface area (Å²) >= 11 is 0. The number of nitrogens with one attached hydrogen (secondary N) is 3. The Morgan fingerprint density at radius 1 is 1.05 bits per heavy atom. The van der Waals surface area contributed by atoms with Crippen LogP contribution in [0, 0.1) is 18.8 Å². The quantitative estimate of drug-likeness (QED) is 0.358. The average Bonchev–Trinajstić information content (AvgIpc) is 3.24. The lowest BCUT2D eigenvalue weighted by Gasteiger charge is -2.16. The molecule has 0 radical (unpaired) electrons. The molecule has 2 aliphatic rings. The molecule has 2 fully saturated rings. The molecule has 4 aromatic heterocycles. The monoisotopic (exact) mass is 498 g/mol. The molecule has 1 saturated heterocycles. The standard InChI is InChI=1S/C27H30N8O2/c1-16-23(9-22(12-28-16)31-25(36)15-35-6-5-18(14-35)17-3-4-17)33-27(37)20-7-19-8-24(32-26(19)29-10-20)21-11-30-34(2)13-21/h7-13,17-18H,3-6,14-15H2,1-2H3,(H,29,32)(H,31,36)(H,33,37). The van der Waals surface area contributed by atoms with Gasteiger partial charge in [-0.15, -0.1) is 0 Å². The number of aromatic nitrogens is 5. The van der Waals surface area contributed by atoms with Crippen LogP contribution in [-0.4, -0.2) is 61.1 Å². The Kier molecular flexibility index (Phi) is 5.96. The topological polar surface area (TPSA) is 121 Å². The number of likely N-dealkylation sites (tertiary alicyclic amines) is 1. The fourth-order valence-electron chi connectivity index (χ4n) is 5.14. The lowest BCUT2D eigenvalue weighted by molar-refractivity contribution is -0.117. The molecule has 6 rings (SSSR count). The van der Waals surface area contributed by atoms with Crippen molar-refractivity contribution in [3.63, 3.8) is 0 Å². The normalized spacial score (nSPS) is 17.8. The Hall–Kier alpha value is -4.05. The van der Waals surface area contributed by atoms with Crippen LogP contribution in [0.25, 0.3) is 22.3 Å². The van der Waals surface area contributed by atoms with Gasteiger partial charge in [-0.3, -0.25) is 24.2 Å². The van der Waals surface area contributed by atoms with Crippen molar-refractivity contribution in [1.29, 1.82) is 0 Å². The molecule has 190 valence electrons. The molecule has 0 aromatic carbocycles. The molecule has 37 heavy (non-hydrogen) atoms. The van der Waals surface area contributed by atoms with Crippen LogP contribution in [0.1, 0.15) is 35.3 Å². The van der Waals surface area contributed by atoms with Gasteiger partial charge in [-0.2, -0.15) is 5.10 Å². The number of carbonyl (C=O) groups is 2. The molecule has 0 bridgehead atoms. The van der Waals surface area contributed by atoms with Crippen LogP contribution >= 0.6 is 0 Å². The molecule has 1 unspecified atom stereocenters. The number of pyridine rings is 2. The number of rotatable bonds is 7. The second kappa shape index (κ2) is 9.44. The largest absolute Gasteiger partial charge is 0.339 e. The number of carbonyl (C=O) groups excluding carboxylic acids is 2. The van der Waals surface area contributed by atoms with E-state index < -0.39 is 0 Å². The lowest BCUT2D eigenvalue weighted by Crippen LogP contribution is -2.31. The highest BCUT2D eigenvalue weighted by molar-refractivity contribution is 6.06. The van der Waals surface area contributed by atoms with Crippen LogP contribution in [-0.2, 0) is 11.8 Å². The van der Waals surface area contributed by atoms with E-state index in [2.05, 4.69) is 35.6 Å². The van der Waals surface area contributed by atoms with Gasteiger partial charge in [0.1, 0.15) is 5.65 Å². The Bertz CT molecular complexity index is 1480. The zero-order chi connectivity index (χ0) is 25.5. The van der Waals surface area contributed by atoms with Crippen molar-refractivity contribution in [2.45, 2.75) is 26.2 Å². The van der Waals surface area contributed by atoms with Crippen molar-refractivity contribution in [2.75, 3.05) is 30.3 Å². The van der Waals surface area contributed by atoms with E-state index in [1.165, 1.54) is 19.3 Å². The summed E-state index contributed by atoms with van der Waals surface area (Å²) in [7, 11) is 1.86. The number of fused-ring (bicyclic) bond motifs is 1. The second-order valence-corrected chi connectivity index (χ2v) is 10.2. The summed E-state index contributed by atoms with van der Waals surface area (Å²) < 4.78 is 1.73. The number of nitrogens with zero attached hydrogens (tertiary/aromatic N) is 5. The van der Waals surface area contributed by atoms with Crippen LogP contribution in [0.4, 0.5) is 11.4 Å². The first-order valence-electron chi connectivity index (χ1n) is 12.7. The summed E-state index contributed by atoms with van der Waals surface area (Å²) in [4.78, 5) is 40.0. The predicted molar refractivity (Wildman–Crippen MR) is 141 cm³/mol. The first kappa shape index (κ1) is 23.4. The molecule has 0 spiro atoms. The minimum Gasteiger partial charge on any atom is -0.339 e. The second-order valence-electron chi connectivity index (χ2n) is 10.2. The Labute approximate surface area is 214 Å². The van der Waals surface area contributed by atoms with E-state index >= 15 is 0 Å². The molecule has 10 heteroatoms. The minimum absolute atomic E-state index is 0.0640. The molecule has 2 amide bonds. The number of hydrogen-bond donors (Lipinski definition) is 3. The molecule has 3 N–H and O–H groups in total. The summed E-state index contributed by atoms with van der Waals surface area (Å²) in [6.07, 6.45) is 10.7. The molecule has 1 saturated carbocycles. The molecule has 4 aromatic rings. The number of hydrogen-bond acceptors (Lipinski definition) is 6. The third-order valence-corrected chi connectivity index (χ3v) is 7.33. The van der Waals surface area contributed by atoms with Crippen molar-refractivity contribution in [2.24, 2.45) is 18.9 Å². The molecule has 1 aliphatic heterocycles. The highest BCUT2D eigenvalue weighted by Gasteiger charge is 2.36. The summed E-state index contributed by atoms with van der Waals surface area (Å²) in [5.41, 5.74) is 4.71. The third-order valence-electron chi connectivity index (χ3n) is 7.33. The van der Waals surface area contributed by atoms with E-state index in [9.17, 15) is 9.59 Å². The Morgan fingerprint density at radius 3 is 2.70 bits per heavy atom. The van der Waals surface area contributed by atoms with Gasteiger partial charge in [-0.1, -0.05) is 0 Å². The first-order chi connectivity index (χ1) is 17.9. The number of aromatic amines is 1. The van der Waals surface area contributed by atoms with Crippen molar-refractivity contribution >= 4 is 34.2 Å². The highest BCUT2D eigenvalue weighted by atomic mass is 16.2. The van der Waals surface area contributed by atoms with Gasteiger partial charge in [0.25, 0.3) is 5.91 Å². The van der Waals surface area contributed by atoms with Crippen molar-refractivity contribution in [3.8, 4) is 11.3 Å². The van der Waals surface area contributed by atoms with Crippen LogP contribution in [0.3, 0.4) is 0 Å². The lowest BCUT2D eigenvalue weighted by atomic mass is 10.0. The van der Waals surface area contributed by atoms with Gasteiger partial charge in [-0.25, -0.2) is 4.98 Å². The van der Waals surface area contributed by atoms with Gasteiger partial charge in [0.05, 0.1) is 47.3 Å². The highest BCUT2D eigenvalue weighted by Crippen LogP contribution is 2.41. The van der Waals surface area contributed by atoms with Gasteiger partial charge in [0.2, 0.25) is 5.91 Å². The minimum atomic E-state index is -0.296. The van der Waals surface area contributed by atoms with E-state index in [-0.39, 0.29) is 11.8 Å². The van der Waals surface area contributed by atoms with Gasteiger partial charge >= 0.3 is 0 Å². The van der Waals surface area contributed by atoms with Crippen LogP contribution in [0.2, 0.25) is 0 Å². The zero-order valence-corrected chi connectivity index (χ0v) is 21.0. The first-order valence-corrected chi connectivity index (χ1v) is 12.7. The number of anilines is 2. The van der Waals surface area contributed by atoms with E-state index in [1.54, 1.807) is 35.4 Å². The Morgan fingerprint density at radius 2 is 1.92 bits per heavy atom. The zero-order valence-electron chi connectivity index (χ0n) is 21.0. The smallest absolute Gasteiger partial charge is 0.257 e. The van der Waals surface area contributed by atoms with Crippen LogP contribution in [0.15, 0.2) is 43.0 Å². The van der Waals surface area contributed by atoms with Gasteiger partial charge in [-0.05, 0) is 62.8 Å². The van der Waals surface area contributed by atoms with Crippen LogP contribution < -0.4 is 10.6 Å². The van der Waals surface area contributed by atoms with E-state index in [0.717, 1.165) is 41.6 Å². The van der Waals surface area contributed by atoms with Crippen molar-refractivity contribution < 1.29 is 9.59 Å². The van der Waals surface area contributed by atoms with Gasteiger partial charge in [0.15, 0.2) is 0 Å². The molecule has 1 aliphatic carbocycles. The summed E-state index contributed by atoms with van der Waals surface area (Å²) in [5, 5.41) is 10.9. The molecule has 5 heterocycles. The summed E-state index contributed by atoms with van der Waals surface area (Å²) in [5.74, 6) is 1.26. The van der Waals surface area contributed by atoms with E-state index in [4.69, 9.17) is 0 Å². The van der Waals surface area contributed by atoms with Crippen molar-refractivity contribution in [3.05, 3.63) is 54.2 Å². The van der Waals surface area contributed by atoms with Crippen LogP contribution in [0.5, 0.6) is 0 Å². The maximum absolute atomic E-state index is 13.0. The fourth-order valence-corrected chi connectivity index (χ4v) is 5.14. The summed E-state index contributed by atoms with van der Waals surface area (Å²) in [6, 6.07) is 5.50. The number of amides is 2. The van der Waals surface area contributed by atoms with Crippen molar-refractivity contribution in [1.82, 2.24) is 29.6 Å². The molecule has 10 nitrogen and oxygen atoms in total. The van der Waals surface area contributed by atoms with E-state index in [0.29, 0.717) is 34.8 Å². The molecular weight excluding hydrogens is 468 g/mol. The average molecular weight is 499 g/mol. The SMILES string of the molecule is Cc1ncc(NC(=O)CN2CCC(C3CC3)C2)cc1NC(=O)c1cnc2[nH]c(-c3cnn(C)c3)cc2c1. The predicted octanol–water partition coefficient (Wildman–Crippen LogP) is 3.59. The number of H-pyrrole nitrogens is 1. The Balaban J connectivity index is 1.11. The third kappa shape index (κ3) is 5.10.